The van der Waals surface area contributed by atoms with Gasteiger partial charge in [-0.15, -0.1) is 0 Å². The molecule has 2 N–H and O–H groups in total. The van der Waals surface area contributed by atoms with E-state index in [2.05, 4.69) is 36.5 Å². The minimum Gasteiger partial charge on any atom is -0.396 e. The Balaban J connectivity index is 1.96. The summed E-state index contributed by atoms with van der Waals surface area (Å²) in [6, 6.07) is 9.14. The normalized spacial score (nSPS) is 21.3. The number of aryl methyl sites for hydroxylation is 1. The summed E-state index contributed by atoms with van der Waals surface area (Å²) >= 11 is 0. The molecular weight excluding hydrogens is 186 g/mol. The summed E-state index contributed by atoms with van der Waals surface area (Å²) in [7, 11) is 0. The predicted molar refractivity (Wildman–Crippen MR) is 61.8 cm³/mol. The lowest BCUT2D eigenvalue weighted by Crippen LogP contribution is -2.26. The summed E-state index contributed by atoms with van der Waals surface area (Å²) in [5.74, 6) is 0.345. The Hall–Kier alpha value is -0.860. The number of rotatable bonds is 4. The molecule has 2 rings (SSSR count). The van der Waals surface area contributed by atoms with Gasteiger partial charge in [0.2, 0.25) is 0 Å². The molecule has 0 spiro atoms. The number of fused-ring (bicyclic) bond motifs is 1. The van der Waals surface area contributed by atoms with Gasteiger partial charge in [-0.1, -0.05) is 31.2 Å². The van der Waals surface area contributed by atoms with Gasteiger partial charge in [0.1, 0.15) is 0 Å². The fraction of sp³-hybridized carbons (Fsp3) is 0.538. The van der Waals surface area contributed by atoms with Gasteiger partial charge in [-0.2, -0.15) is 0 Å². The first-order valence-electron chi connectivity index (χ1n) is 5.73. The molecule has 0 saturated carbocycles. The molecule has 0 radical (unpaired) electrons. The van der Waals surface area contributed by atoms with Crippen molar-refractivity contribution < 1.29 is 5.11 Å². The van der Waals surface area contributed by atoms with E-state index < -0.39 is 0 Å². The Morgan fingerprint density at radius 3 is 3.07 bits per heavy atom. The molecule has 1 aliphatic carbocycles. The number of nitrogens with one attached hydrogen (secondary N) is 1. The van der Waals surface area contributed by atoms with Crippen LogP contribution in [0.5, 0.6) is 0 Å². The van der Waals surface area contributed by atoms with Gasteiger partial charge < -0.3 is 10.4 Å². The van der Waals surface area contributed by atoms with Crippen LogP contribution in [-0.2, 0) is 6.42 Å². The first kappa shape index (κ1) is 10.7. The largest absolute Gasteiger partial charge is 0.396 e. The molecule has 0 fully saturated rings. The predicted octanol–water partition coefficient (Wildman–Crippen LogP) is 1.89. The lowest BCUT2D eigenvalue weighted by atomic mass is 10.1. The third kappa shape index (κ3) is 2.39. The monoisotopic (exact) mass is 205 g/mol. The molecule has 15 heavy (non-hydrogen) atoms. The minimum absolute atomic E-state index is 0.265. The minimum atomic E-state index is 0.265. The second-order valence-electron chi connectivity index (χ2n) is 4.49. The molecule has 1 aromatic carbocycles. The molecule has 0 aliphatic heterocycles. The Labute approximate surface area is 91.3 Å². The first-order valence-corrected chi connectivity index (χ1v) is 5.73. The Morgan fingerprint density at radius 2 is 2.27 bits per heavy atom. The Morgan fingerprint density at radius 1 is 1.47 bits per heavy atom. The molecule has 82 valence electrons. The summed E-state index contributed by atoms with van der Waals surface area (Å²) in [5, 5.41) is 12.5. The third-order valence-corrected chi connectivity index (χ3v) is 3.16. The van der Waals surface area contributed by atoms with E-state index in [1.807, 2.05) is 0 Å². The highest BCUT2D eigenvalue weighted by Gasteiger charge is 2.21. The Kier molecular flexibility index (Phi) is 3.39. The van der Waals surface area contributed by atoms with Gasteiger partial charge in [-0.25, -0.2) is 0 Å². The van der Waals surface area contributed by atoms with Gasteiger partial charge in [-0.3, -0.25) is 0 Å². The molecule has 2 atom stereocenters. The van der Waals surface area contributed by atoms with E-state index >= 15 is 0 Å². The Bertz CT molecular complexity index is 324. The van der Waals surface area contributed by atoms with E-state index in [4.69, 9.17) is 5.11 Å². The van der Waals surface area contributed by atoms with Crippen LogP contribution >= 0.6 is 0 Å². The van der Waals surface area contributed by atoms with Crippen molar-refractivity contribution in [2.45, 2.75) is 25.8 Å². The maximum Gasteiger partial charge on any atom is 0.0468 e. The molecule has 2 unspecified atom stereocenters. The zero-order valence-corrected chi connectivity index (χ0v) is 9.24. The molecule has 1 aliphatic rings. The van der Waals surface area contributed by atoms with E-state index in [-0.39, 0.29) is 6.61 Å². The molecule has 0 saturated heterocycles. The van der Waals surface area contributed by atoms with Gasteiger partial charge >= 0.3 is 0 Å². The molecule has 2 heteroatoms. The van der Waals surface area contributed by atoms with Gasteiger partial charge in [-0.05, 0) is 29.9 Å². The lowest BCUT2D eigenvalue weighted by molar-refractivity contribution is 0.230. The zero-order chi connectivity index (χ0) is 10.7. The number of aliphatic hydroxyl groups is 1. The van der Waals surface area contributed by atoms with E-state index in [0.29, 0.717) is 12.0 Å². The molecular formula is C13H19NO. The summed E-state index contributed by atoms with van der Waals surface area (Å²) < 4.78 is 0. The molecule has 2 nitrogen and oxygen atoms in total. The van der Waals surface area contributed by atoms with Crippen molar-refractivity contribution in [2.75, 3.05) is 13.2 Å². The SMILES string of the molecule is CC(CO)CNC1CCc2ccccc21. The average Bonchev–Trinajstić information content (AvgIpc) is 2.69. The van der Waals surface area contributed by atoms with Crippen LogP contribution in [0.25, 0.3) is 0 Å². The standard InChI is InChI=1S/C13H19NO/c1-10(9-15)8-14-13-7-6-11-4-2-3-5-12(11)13/h2-5,10,13-15H,6-9H2,1H3. The number of benzene rings is 1. The highest BCUT2D eigenvalue weighted by atomic mass is 16.3. The van der Waals surface area contributed by atoms with E-state index in [1.165, 1.54) is 24.0 Å². The fourth-order valence-corrected chi connectivity index (χ4v) is 2.18. The zero-order valence-electron chi connectivity index (χ0n) is 9.24. The van der Waals surface area contributed by atoms with Gasteiger partial charge in [0.15, 0.2) is 0 Å². The van der Waals surface area contributed by atoms with E-state index in [0.717, 1.165) is 6.54 Å². The van der Waals surface area contributed by atoms with Crippen molar-refractivity contribution in [3.8, 4) is 0 Å². The average molecular weight is 205 g/mol. The van der Waals surface area contributed by atoms with Crippen LogP contribution in [0.3, 0.4) is 0 Å². The highest BCUT2D eigenvalue weighted by molar-refractivity contribution is 5.34. The highest BCUT2D eigenvalue weighted by Crippen LogP contribution is 2.30. The third-order valence-electron chi connectivity index (χ3n) is 3.16. The van der Waals surface area contributed by atoms with Crippen molar-refractivity contribution in [3.63, 3.8) is 0 Å². The van der Waals surface area contributed by atoms with Crippen LogP contribution in [0.1, 0.15) is 30.5 Å². The summed E-state index contributed by atoms with van der Waals surface area (Å²) in [6.07, 6.45) is 2.37. The van der Waals surface area contributed by atoms with Gasteiger partial charge in [0.05, 0.1) is 0 Å². The van der Waals surface area contributed by atoms with Crippen LogP contribution in [0.15, 0.2) is 24.3 Å². The summed E-state index contributed by atoms with van der Waals surface area (Å²) in [4.78, 5) is 0. The van der Waals surface area contributed by atoms with Crippen LogP contribution < -0.4 is 5.32 Å². The maximum absolute atomic E-state index is 8.96. The van der Waals surface area contributed by atoms with Gasteiger partial charge in [0, 0.05) is 19.2 Å². The van der Waals surface area contributed by atoms with Crippen LogP contribution in [0.4, 0.5) is 0 Å². The first-order chi connectivity index (χ1) is 7.31. The van der Waals surface area contributed by atoms with E-state index in [9.17, 15) is 0 Å². The lowest BCUT2D eigenvalue weighted by Gasteiger charge is -2.16. The summed E-state index contributed by atoms with van der Waals surface area (Å²) in [5.41, 5.74) is 2.93. The van der Waals surface area contributed by atoms with Crippen LogP contribution in [0.2, 0.25) is 0 Å². The second-order valence-corrected chi connectivity index (χ2v) is 4.49. The van der Waals surface area contributed by atoms with Crippen molar-refractivity contribution >= 4 is 0 Å². The van der Waals surface area contributed by atoms with Gasteiger partial charge in [0.25, 0.3) is 0 Å². The fourth-order valence-electron chi connectivity index (χ4n) is 2.18. The topological polar surface area (TPSA) is 32.3 Å². The molecule has 0 amide bonds. The van der Waals surface area contributed by atoms with Crippen molar-refractivity contribution in [1.29, 1.82) is 0 Å². The number of hydrogen-bond acceptors (Lipinski definition) is 2. The number of aliphatic hydroxyl groups excluding tert-OH is 1. The van der Waals surface area contributed by atoms with Crippen molar-refractivity contribution in [2.24, 2.45) is 5.92 Å². The molecule has 0 heterocycles. The molecule has 0 aromatic heterocycles. The van der Waals surface area contributed by atoms with Crippen LogP contribution in [-0.4, -0.2) is 18.3 Å². The molecule has 0 bridgehead atoms. The van der Waals surface area contributed by atoms with Crippen LogP contribution in [0, 0.1) is 5.92 Å². The van der Waals surface area contributed by atoms with Crippen molar-refractivity contribution in [1.82, 2.24) is 5.32 Å². The molecule has 1 aromatic rings. The number of hydrogen-bond donors (Lipinski definition) is 2. The maximum atomic E-state index is 8.96. The second kappa shape index (κ2) is 4.77. The van der Waals surface area contributed by atoms with Crippen molar-refractivity contribution in [3.05, 3.63) is 35.4 Å². The van der Waals surface area contributed by atoms with E-state index in [1.54, 1.807) is 0 Å². The quantitative estimate of drug-likeness (QED) is 0.786. The summed E-state index contributed by atoms with van der Waals surface area (Å²) in [6.45, 7) is 3.23. The smallest absolute Gasteiger partial charge is 0.0468 e.